The van der Waals surface area contributed by atoms with E-state index in [1.807, 2.05) is 0 Å². The van der Waals surface area contributed by atoms with Crippen molar-refractivity contribution in [1.82, 2.24) is 15.0 Å². The van der Waals surface area contributed by atoms with Gasteiger partial charge in [-0.25, -0.2) is 14.3 Å². The second-order valence-electron chi connectivity index (χ2n) is 5.17. The molecule has 2 aromatic rings. The largest absolute Gasteiger partial charge is 0.507 e. The highest BCUT2D eigenvalue weighted by atomic mass is 16.4. The van der Waals surface area contributed by atoms with E-state index in [4.69, 9.17) is 5.11 Å². The van der Waals surface area contributed by atoms with Gasteiger partial charge in [-0.1, -0.05) is 11.6 Å². The van der Waals surface area contributed by atoms with E-state index in [1.165, 1.54) is 22.9 Å². The van der Waals surface area contributed by atoms with E-state index >= 15 is 0 Å². The highest BCUT2D eigenvalue weighted by molar-refractivity contribution is 5.91. The Hall–Kier alpha value is -2.90. The van der Waals surface area contributed by atoms with Crippen LogP contribution in [0.3, 0.4) is 0 Å². The molecule has 1 heterocycles. The van der Waals surface area contributed by atoms with Crippen molar-refractivity contribution in [3.63, 3.8) is 0 Å². The number of carboxylic acids is 2. The van der Waals surface area contributed by atoms with Gasteiger partial charge >= 0.3 is 11.9 Å². The van der Waals surface area contributed by atoms with E-state index in [0.717, 1.165) is 19.3 Å². The summed E-state index contributed by atoms with van der Waals surface area (Å²) in [6, 6.07) is 3.97. The Bertz CT molecular complexity index is 764. The first-order chi connectivity index (χ1) is 10.5. The number of carbonyl (C=O) groups is 2. The minimum Gasteiger partial charge on any atom is -0.507 e. The lowest BCUT2D eigenvalue weighted by atomic mass is 9.82. The van der Waals surface area contributed by atoms with E-state index in [0.29, 0.717) is 11.4 Å². The van der Waals surface area contributed by atoms with Crippen molar-refractivity contribution in [2.45, 2.75) is 25.2 Å². The normalized spacial score (nSPS) is 14.5. The van der Waals surface area contributed by atoms with Crippen LogP contribution in [0.4, 0.5) is 0 Å². The van der Waals surface area contributed by atoms with Crippen molar-refractivity contribution < 1.29 is 24.9 Å². The van der Waals surface area contributed by atoms with Gasteiger partial charge in [0.1, 0.15) is 11.3 Å². The van der Waals surface area contributed by atoms with Crippen molar-refractivity contribution in [3.8, 4) is 11.4 Å². The Morgan fingerprint density at radius 1 is 1.18 bits per heavy atom. The van der Waals surface area contributed by atoms with Crippen molar-refractivity contribution in [3.05, 3.63) is 35.2 Å². The van der Waals surface area contributed by atoms with Crippen LogP contribution in [0.1, 0.15) is 51.7 Å². The van der Waals surface area contributed by atoms with Crippen LogP contribution < -0.4 is 0 Å². The lowest BCUT2D eigenvalue weighted by molar-refractivity contribution is 0.0679. The SMILES string of the molecule is O=C(O)c1cc(-n2nnc(C(=O)O)c2C2CCC2)ccc1O. The molecule has 8 heteroatoms. The lowest BCUT2D eigenvalue weighted by Gasteiger charge is -2.26. The maximum absolute atomic E-state index is 11.3. The van der Waals surface area contributed by atoms with Gasteiger partial charge in [0.2, 0.25) is 0 Å². The summed E-state index contributed by atoms with van der Waals surface area (Å²) in [5, 5.41) is 35.4. The molecule has 1 aromatic carbocycles. The molecule has 114 valence electrons. The summed E-state index contributed by atoms with van der Waals surface area (Å²) in [7, 11) is 0. The predicted octanol–water partition coefficient (Wildman–Crippen LogP) is 1.64. The molecule has 0 unspecified atom stereocenters. The number of benzene rings is 1. The number of aromatic carboxylic acids is 2. The van der Waals surface area contributed by atoms with Crippen LogP contribution in [0, 0.1) is 0 Å². The fourth-order valence-electron chi connectivity index (χ4n) is 2.51. The van der Waals surface area contributed by atoms with E-state index in [2.05, 4.69) is 10.3 Å². The molecule has 1 aliphatic rings. The minimum absolute atomic E-state index is 0.0446. The molecule has 1 fully saturated rings. The average Bonchev–Trinajstić information content (AvgIpc) is 2.81. The molecule has 0 saturated heterocycles. The van der Waals surface area contributed by atoms with Crippen LogP contribution in [-0.4, -0.2) is 42.3 Å². The first-order valence-corrected chi connectivity index (χ1v) is 6.74. The number of hydrogen-bond donors (Lipinski definition) is 3. The Morgan fingerprint density at radius 3 is 2.45 bits per heavy atom. The van der Waals surface area contributed by atoms with Gasteiger partial charge in [-0.15, -0.1) is 5.10 Å². The first-order valence-electron chi connectivity index (χ1n) is 6.74. The molecule has 22 heavy (non-hydrogen) atoms. The van der Waals surface area contributed by atoms with Crippen LogP contribution in [0.15, 0.2) is 18.2 Å². The highest BCUT2D eigenvalue weighted by Crippen LogP contribution is 2.38. The van der Waals surface area contributed by atoms with Gasteiger partial charge in [-0.05, 0) is 31.0 Å². The summed E-state index contributed by atoms with van der Waals surface area (Å²) >= 11 is 0. The van der Waals surface area contributed by atoms with Gasteiger partial charge in [0.25, 0.3) is 0 Å². The zero-order valence-electron chi connectivity index (χ0n) is 11.4. The number of hydrogen-bond acceptors (Lipinski definition) is 5. The van der Waals surface area contributed by atoms with E-state index < -0.39 is 11.9 Å². The summed E-state index contributed by atoms with van der Waals surface area (Å²) in [5.41, 5.74) is 0.442. The summed E-state index contributed by atoms with van der Waals surface area (Å²) in [6.45, 7) is 0. The van der Waals surface area contributed by atoms with Gasteiger partial charge in [0.15, 0.2) is 5.69 Å². The zero-order valence-corrected chi connectivity index (χ0v) is 11.4. The topological polar surface area (TPSA) is 126 Å². The molecule has 8 nitrogen and oxygen atoms in total. The van der Waals surface area contributed by atoms with Crippen LogP contribution in [-0.2, 0) is 0 Å². The Morgan fingerprint density at radius 2 is 1.91 bits per heavy atom. The fourth-order valence-corrected chi connectivity index (χ4v) is 2.51. The third-order valence-corrected chi connectivity index (χ3v) is 3.85. The second-order valence-corrected chi connectivity index (χ2v) is 5.17. The van der Waals surface area contributed by atoms with E-state index in [-0.39, 0.29) is 22.9 Å². The number of carboxylic acid groups (broad SMARTS) is 2. The van der Waals surface area contributed by atoms with Crippen molar-refractivity contribution in [1.29, 1.82) is 0 Å². The molecule has 0 spiro atoms. The molecule has 1 aliphatic carbocycles. The summed E-state index contributed by atoms with van der Waals surface area (Å²) in [5.74, 6) is -2.75. The number of rotatable bonds is 4. The lowest BCUT2D eigenvalue weighted by Crippen LogP contribution is -2.17. The molecule has 0 bridgehead atoms. The quantitative estimate of drug-likeness (QED) is 0.783. The zero-order chi connectivity index (χ0) is 15.9. The first kappa shape index (κ1) is 14.1. The van der Waals surface area contributed by atoms with Gasteiger partial charge in [-0.3, -0.25) is 0 Å². The van der Waals surface area contributed by atoms with E-state index in [9.17, 15) is 19.8 Å². The van der Waals surface area contributed by atoms with Gasteiger partial charge < -0.3 is 15.3 Å². The maximum Gasteiger partial charge on any atom is 0.358 e. The molecule has 0 aliphatic heterocycles. The van der Waals surface area contributed by atoms with Crippen LogP contribution >= 0.6 is 0 Å². The molecule has 0 radical (unpaired) electrons. The van der Waals surface area contributed by atoms with E-state index in [1.54, 1.807) is 0 Å². The standard InChI is InChI=1S/C14H13N3O5/c18-10-5-4-8(6-9(10)13(19)20)17-12(7-2-1-3-7)11(14(21)22)15-16-17/h4-7,18H,1-3H2,(H,19,20)(H,21,22). The van der Waals surface area contributed by atoms with Gasteiger partial charge in [-0.2, -0.15) is 0 Å². The predicted molar refractivity (Wildman–Crippen MR) is 73.5 cm³/mol. The summed E-state index contributed by atoms with van der Waals surface area (Å²) in [4.78, 5) is 22.4. The number of aromatic nitrogens is 3. The molecular weight excluding hydrogens is 290 g/mol. The smallest absolute Gasteiger partial charge is 0.358 e. The van der Waals surface area contributed by atoms with Gasteiger partial charge in [0.05, 0.1) is 11.4 Å². The monoisotopic (exact) mass is 303 g/mol. The average molecular weight is 303 g/mol. The number of phenols is 1. The number of nitrogens with zero attached hydrogens (tertiary/aromatic N) is 3. The molecule has 0 amide bonds. The molecule has 3 N–H and O–H groups in total. The van der Waals surface area contributed by atoms with Crippen LogP contribution in [0.5, 0.6) is 5.75 Å². The molecule has 0 atom stereocenters. The molecular formula is C14H13N3O5. The van der Waals surface area contributed by atoms with Crippen LogP contribution in [0.25, 0.3) is 5.69 Å². The summed E-state index contributed by atoms with van der Waals surface area (Å²) < 4.78 is 1.35. The van der Waals surface area contributed by atoms with Crippen molar-refractivity contribution in [2.24, 2.45) is 0 Å². The fraction of sp³-hybridized carbons (Fsp3) is 0.286. The third-order valence-electron chi connectivity index (χ3n) is 3.85. The maximum atomic E-state index is 11.3. The summed E-state index contributed by atoms with van der Waals surface area (Å²) in [6.07, 6.45) is 2.69. The Balaban J connectivity index is 2.14. The molecule has 3 rings (SSSR count). The Kier molecular flexibility index (Phi) is 3.28. The second kappa shape index (κ2) is 5.14. The van der Waals surface area contributed by atoms with Crippen molar-refractivity contribution >= 4 is 11.9 Å². The molecule has 1 aromatic heterocycles. The van der Waals surface area contributed by atoms with Gasteiger partial charge in [0, 0.05) is 5.92 Å². The third kappa shape index (κ3) is 2.18. The molecule has 1 saturated carbocycles. The minimum atomic E-state index is -1.27. The Labute approximate surface area is 124 Å². The van der Waals surface area contributed by atoms with Crippen LogP contribution in [0.2, 0.25) is 0 Å². The van der Waals surface area contributed by atoms with Crippen molar-refractivity contribution in [2.75, 3.05) is 0 Å². The number of aromatic hydroxyl groups is 1. The highest BCUT2D eigenvalue weighted by Gasteiger charge is 2.31.